The van der Waals surface area contributed by atoms with Crippen LogP contribution in [0.1, 0.15) is 32.6 Å². The summed E-state index contributed by atoms with van der Waals surface area (Å²) in [7, 11) is 0. The van der Waals surface area contributed by atoms with E-state index in [1.165, 1.54) is 0 Å². The average Bonchev–Trinajstić information content (AvgIpc) is 2.42. The maximum absolute atomic E-state index is 12.5. The van der Waals surface area contributed by atoms with Gasteiger partial charge >= 0.3 is 0 Å². The minimum absolute atomic E-state index is 0.110. The summed E-state index contributed by atoms with van der Waals surface area (Å²) in [5, 5.41) is 3.35. The van der Waals surface area contributed by atoms with E-state index in [0.717, 1.165) is 51.9 Å². The van der Waals surface area contributed by atoms with E-state index < -0.39 is 0 Å². The van der Waals surface area contributed by atoms with Crippen LogP contribution in [0.3, 0.4) is 0 Å². The van der Waals surface area contributed by atoms with Crippen molar-refractivity contribution < 1.29 is 9.53 Å². The predicted octanol–water partition coefficient (Wildman–Crippen LogP) is 1.01. The molecule has 2 fully saturated rings. The van der Waals surface area contributed by atoms with Crippen LogP contribution in [-0.4, -0.2) is 49.7 Å². The van der Waals surface area contributed by atoms with Crippen LogP contribution in [0.2, 0.25) is 0 Å². The van der Waals surface area contributed by atoms with Crippen LogP contribution in [0.15, 0.2) is 0 Å². The molecule has 2 aliphatic rings. The lowest BCUT2D eigenvalue weighted by molar-refractivity contribution is -0.142. The van der Waals surface area contributed by atoms with E-state index in [1.54, 1.807) is 0 Å². The fourth-order valence-corrected chi connectivity index (χ4v) is 2.88. The second kappa shape index (κ2) is 6.36. The molecule has 17 heavy (non-hydrogen) atoms. The van der Waals surface area contributed by atoms with E-state index in [-0.39, 0.29) is 5.92 Å². The maximum Gasteiger partial charge on any atom is 0.228 e. The highest BCUT2D eigenvalue weighted by molar-refractivity contribution is 5.79. The summed E-state index contributed by atoms with van der Waals surface area (Å²) in [6, 6.07) is 0.440. The highest BCUT2D eigenvalue weighted by atomic mass is 16.5. The van der Waals surface area contributed by atoms with E-state index in [1.807, 2.05) is 0 Å². The van der Waals surface area contributed by atoms with Crippen molar-refractivity contribution in [2.75, 3.05) is 32.8 Å². The molecule has 4 heteroatoms. The van der Waals surface area contributed by atoms with Gasteiger partial charge in [0.25, 0.3) is 0 Å². The molecular formula is C13H24N2O2. The van der Waals surface area contributed by atoms with Gasteiger partial charge in [-0.3, -0.25) is 4.79 Å². The Morgan fingerprint density at radius 1 is 1.35 bits per heavy atom. The first-order chi connectivity index (χ1) is 8.33. The van der Waals surface area contributed by atoms with Crippen LogP contribution in [0.5, 0.6) is 0 Å². The van der Waals surface area contributed by atoms with Gasteiger partial charge in [-0.15, -0.1) is 0 Å². The SMILES string of the molecule is CCN(C(=O)C1CCCOC1)C1CCNCC1. The first kappa shape index (κ1) is 12.8. The van der Waals surface area contributed by atoms with Crippen molar-refractivity contribution in [3.63, 3.8) is 0 Å². The highest BCUT2D eigenvalue weighted by Crippen LogP contribution is 2.20. The molecule has 1 N–H and O–H groups in total. The summed E-state index contributed by atoms with van der Waals surface area (Å²) < 4.78 is 5.43. The van der Waals surface area contributed by atoms with Crippen molar-refractivity contribution in [3.8, 4) is 0 Å². The summed E-state index contributed by atoms with van der Waals surface area (Å²) in [6.07, 6.45) is 4.21. The third-order valence-electron chi connectivity index (χ3n) is 3.88. The fourth-order valence-electron chi connectivity index (χ4n) is 2.88. The molecule has 0 bridgehead atoms. The molecule has 1 amide bonds. The molecule has 4 nitrogen and oxygen atoms in total. The quantitative estimate of drug-likeness (QED) is 0.800. The highest BCUT2D eigenvalue weighted by Gasteiger charge is 2.30. The number of hydrogen-bond donors (Lipinski definition) is 1. The van der Waals surface area contributed by atoms with Crippen LogP contribution >= 0.6 is 0 Å². The molecule has 0 aliphatic carbocycles. The molecular weight excluding hydrogens is 216 g/mol. The molecule has 0 spiro atoms. The normalized spacial score (nSPS) is 26.8. The average molecular weight is 240 g/mol. The molecule has 0 saturated carbocycles. The van der Waals surface area contributed by atoms with Gasteiger partial charge in [0.05, 0.1) is 12.5 Å². The first-order valence-corrected chi connectivity index (χ1v) is 6.92. The zero-order chi connectivity index (χ0) is 12.1. The van der Waals surface area contributed by atoms with Gasteiger partial charge in [-0.1, -0.05) is 0 Å². The lowest BCUT2D eigenvalue weighted by Gasteiger charge is -2.36. The molecule has 1 unspecified atom stereocenters. The number of amides is 1. The standard InChI is InChI=1S/C13H24N2O2/c1-2-15(12-5-7-14-8-6-12)13(16)11-4-3-9-17-10-11/h11-12,14H,2-10H2,1H3. The molecule has 0 aromatic carbocycles. The third-order valence-corrected chi connectivity index (χ3v) is 3.88. The largest absolute Gasteiger partial charge is 0.381 e. The van der Waals surface area contributed by atoms with E-state index in [9.17, 15) is 4.79 Å². The second-order valence-corrected chi connectivity index (χ2v) is 5.02. The number of piperidine rings is 1. The number of carbonyl (C=O) groups is 1. The van der Waals surface area contributed by atoms with Crippen molar-refractivity contribution >= 4 is 5.91 Å². The van der Waals surface area contributed by atoms with Gasteiger partial charge in [-0.05, 0) is 45.7 Å². The molecule has 0 aromatic heterocycles. The molecule has 2 saturated heterocycles. The number of ether oxygens (including phenoxy) is 1. The topological polar surface area (TPSA) is 41.6 Å². The van der Waals surface area contributed by atoms with Gasteiger partial charge in [0.15, 0.2) is 0 Å². The van der Waals surface area contributed by atoms with Crippen LogP contribution in [-0.2, 0) is 9.53 Å². The van der Waals surface area contributed by atoms with E-state index in [2.05, 4.69) is 17.1 Å². The lowest BCUT2D eigenvalue weighted by atomic mass is 9.97. The van der Waals surface area contributed by atoms with E-state index in [4.69, 9.17) is 4.74 Å². The molecule has 0 radical (unpaired) electrons. The van der Waals surface area contributed by atoms with Gasteiger partial charge in [0.2, 0.25) is 5.91 Å². The summed E-state index contributed by atoms with van der Waals surface area (Å²) in [5.74, 6) is 0.428. The smallest absolute Gasteiger partial charge is 0.228 e. The van der Waals surface area contributed by atoms with Gasteiger partial charge in [-0.2, -0.15) is 0 Å². The van der Waals surface area contributed by atoms with Crippen LogP contribution < -0.4 is 5.32 Å². The fraction of sp³-hybridized carbons (Fsp3) is 0.923. The molecule has 0 aromatic rings. The number of nitrogens with zero attached hydrogens (tertiary/aromatic N) is 1. The van der Waals surface area contributed by atoms with Crippen molar-refractivity contribution in [3.05, 3.63) is 0 Å². The van der Waals surface area contributed by atoms with Gasteiger partial charge in [-0.25, -0.2) is 0 Å². The zero-order valence-corrected chi connectivity index (χ0v) is 10.8. The van der Waals surface area contributed by atoms with E-state index in [0.29, 0.717) is 18.6 Å². The Labute approximate surface area is 104 Å². The third kappa shape index (κ3) is 3.19. The monoisotopic (exact) mass is 240 g/mol. The molecule has 2 heterocycles. The summed E-state index contributed by atoms with van der Waals surface area (Å²) in [6.45, 7) is 6.44. The Morgan fingerprint density at radius 2 is 2.12 bits per heavy atom. The summed E-state index contributed by atoms with van der Waals surface area (Å²) in [4.78, 5) is 14.5. The Bertz CT molecular complexity index is 246. The number of nitrogens with one attached hydrogen (secondary N) is 1. The van der Waals surface area contributed by atoms with Crippen molar-refractivity contribution in [1.29, 1.82) is 0 Å². The Balaban J connectivity index is 1.93. The van der Waals surface area contributed by atoms with Crippen molar-refractivity contribution in [1.82, 2.24) is 10.2 Å². The Kier molecular flexibility index (Phi) is 4.80. The van der Waals surface area contributed by atoms with E-state index >= 15 is 0 Å². The van der Waals surface area contributed by atoms with Crippen LogP contribution in [0, 0.1) is 5.92 Å². The first-order valence-electron chi connectivity index (χ1n) is 6.92. The number of carbonyl (C=O) groups excluding carboxylic acids is 1. The van der Waals surface area contributed by atoms with Crippen LogP contribution in [0.4, 0.5) is 0 Å². The number of rotatable bonds is 3. The molecule has 2 aliphatic heterocycles. The Morgan fingerprint density at radius 3 is 2.71 bits per heavy atom. The Hall–Kier alpha value is -0.610. The van der Waals surface area contributed by atoms with Gasteiger partial charge in [0, 0.05) is 19.2 Å². The summed E-state index contributed by atoms with van der Waals surface area (Å²) >= 11 is 0. The van der Waals surface area contributed by atoms with Gasteiger partial charge in [0.1, 0.15) is 0 Å². The predicted molar refractivity (Wildman–Crippen MR) is 66.8 cm³/mol. The molecule has 1 atom stereocenters. The molecule has 98 valence electrons. The van der Waals surface area contributed by atoms with Crippen LogP contribution in [0.25, 0.3) is 0 Å². The maximum atomic E-state index is 12.5. The zero-order valence-electron chi connectivity index (χ0n) is 10.8. The van der Waals surface area contributed by atoms with Gasteiger partial charge < -0.3 is 15.0 Å². The summed E-state index contributed by atoms with van der Waals surface area (Å²) in [5.41, 5.74) is 0. The minimum Gasteiger partial charge on any atom is -0.381 e. The van der Waals surface area contributed by atoms with Crippen molar-refractivity contribution in [2.45, 2.75) is 38.6 Å². The van der Waals surface area contributed by atoms with Crippen molar-refractivity contribution in [2.24, 2.45) is 5.92 Å². The second-order valence-electron chi connectivity index (χ2n) is 5.02. The molecule has 2 rings (SSSR count). The number of hydrogen-bond acceptors (Lipinski definition) is 3. The minimum atomic E-state index is 0.110. The lowest BCUT2D eigenvalue weighted by Crippen LogP contribution is -2.49.